The van der Waals surface area contributed by atoms with Gasteiger partial charge in [0.05, 0.1) is 0 Å². The highest BCUT2D eigenvalue weighted by Gasteiger charge is 2.14. The third-order valence-electron chi connectivity index (χ3n) is 3.07. The monoisotopic (exact) mass is 265 g/mol. The normalized spacial score (nSPS) is 10.2. The molecule has 2 N–H and O–H groups in total. The number of nitrogen functional groups attached to an aromatic ring is 1. The van der Waals surface area contributed by atoms with E-state index in [4.69, 9.17) is 5.73 Å². The summed E-state index contributed by atoms with van der Waals surface area (Å²) in [5.41, 5.74) is 7.76. The lowest BCUT2D eigenvalue weighted by Crippen LogP contribution is -1.99. The predicted molar refractivity (Wildman–Crippen MR) is 78.4 cm³/mol. The van der Waals surface area contributed by atoms with Crippen LogP contribution in [0.2, 0.25) is 0 Å². The maximum Gasteiger partial charge on any atom is 0.162 e. The molecular weight excluding hydrogens is 244 g/mol. The van der Waals surface area contributed by atoms with Crippen LogP contribution in [0.25, 0.3) is 10.8 Å². The minimum Gasteiger partial charge on any atom is -0.399 e. The summed E-state index contributed by atoms with van der Waals surface area (Å²) in [6.45, 7) is 7.81. The second-order valence-electron chi connectivity index (χ2n) is 4.14. The van der Waals surface area contributed by atoms with Gasteiger partial charge in [-0.2, -0.15) is 0 Å². The van der Waals surface area contributed by atoms with E-state index in [1.807, 2.05) is 33.8 Å². The van der Waals surface area contributed by atoms with Crippen LogP contribution in [0.15, 0.2) is 18.2 Å². The first-order valence-electron chi connectivity index (χ1n) is 6.77. The average molecular weight is 265 g/mol. The van der Waals surface area contributed by atoms with E-state index in [0.717, 1.165) is 17.4 Å². The van der Waals surface area contributed by atoms with Gasteiger partial charge in [0.25, 0.3) is 0 Å². The Hall–Kier alpha value is -1.64. The van der Waals surface area contributed by atoms with Gasteiger partial charge in [-0.25, -0.2) is 8.78 Å². The molecule has 0 heterocycles. The highest BCUT2D eigenvalue weighted by Crippen LogP contribution is 2.30. The SMILES string of the molecule is CC.CCc1cc(N)cc2cc(F)c(F)c(CC)c12. The molecule has 0 saturated heterocycles. The number of aryl methyl sites for hydroxylation is 2. The van der Waals surface area contributed by atoms with Gasteiger partial charge in [0, 0.05) is 5.69 Å². The van der Waals surface area contributed by atoms with E-state index in [9.17, 15) is 8.78 Å². The highest BCUT2D eigenvalue weighted by molar-refractivity contribution is 5.91. The molecular formula is C16H21F2N. The maximum atomic E-state index is 13.7. The van der Waals surface area contributed by atoms with E-state index in [1.165, 1.54) is 6.07 Å². The largest absolute Gasteiger partial charge is 0.399 e. The van der Waals surface area contributed by atoms with Gasteiger partial charge in [-0.3, -0.25) is 0 Å². The van der Waals surface area contributed by atoms with E-state index in [-0.39, 0.29) is 0 Å². The Balaban J connectivity index is 0.000000861. The van der Waals surface area contributed by atoms with Gasteiger partial charge in [-0.05, 0) is 52.9 Å². The van der Waals surface area contributed by atoms with Crippen molar-refractivity contribution in [2.45, 2.75) is 40.5 Å². The van der Waals surface area contributed by atoms with Crippen molar-refractivity contribution in [3.05, 3.63) is 41.0 Å². The van der Waals surface area contributed by atoms with Crippen molar-refractivity contribution in [2.24, 2.45) is 0 Å². The van der Waals surface area contributed by atoms with Gasteiger partial charge in [-0.1, -0.05) is 27.7 Å². The summed E-state index contributed by atoms with van der Waals surface area (Å²) in [6, 6.07) is 4.74. The molecule has 104 valence electrons. The number of rotatable bonds is 2. The first-order valence-corrected chi connectivity index (χ1v) is 6.77. The van der Waals surface area contributed by atoms with E-state index in [2.05, 4.69) is 0 Å². The van der Waals surface area contributed by atoms with Crippen molar-refractivity contribution < 1.29 is 8.78 Å². The summed E-state index contributed by atoms with van der Waals surface area (Å²) in [5, 5.41) is 1.49. The van der Waals surface area contributed by atoms with Crippen molar-refractivity contribution in [3.8, 4) is 0 Å². The van der Waals surface area contributed by atoms with E-state index >= 15 is 0 Å². The van der Waals surface area contributed by atoms with Gasteiger partial charge in [0.1, 0.15) is 0 Å². The number of hydrogen-bond donors (Lipinski definition) is 1. The molecule has 0 unspecified atom stereocenters. The van der Waals surface area contributed by atoms with Gasteiger partial charge in [0.15, 0.2) is 11.6 Å². The standard InChI is InChI=1S/C14H15F2N.C2H6/c1-3-8-5-10(17)6-9-7-12(15)14(16)11(4-2)13(8)9;1-2/h5-7H,3-4,17H2,1-2H3;1-2H3. The first kappa shape index (κ1) is 15.4. The molecule has 0 aliphatic rings. The van der Waals surface area contributed by atoms with Crippen LogP contribution in [-0.4, -0.2) is 0 Å². The number of anilines is 1. The summed E-state index contributed by atoms with van der Waals surface area (Å²) >= 11 is 0. The molecule has 0 atom stereocenters. The molecule has 2 aromatic rings. The molecule has 0 saturated carbocycles. The van der Waals surface area contributed by atoms with E-state index < -0.39 is 11.6 Å². The fourth-order valence-electron chi connectivity index (χ4n) is 2.30. The van der Waals surface area contributed by atoms with E-state index in [0.29, 0.717) is 23.1 Å². The Morgan fingerprint density at radius 1 is 1.00 bits per heavy atom. The van der Waals surface area contributed by atoms with Crippen LogP contribution < -0.4 is 5.73 Å². The van der Waals surface area contributed by atoms with Crippen LogP contribution in [0.1, 0.15) is 38.8 Å². The maximum absolute atomic E-state index is 13.7. The smallest absolute Gasteiger partial charge is 0.162 e. The summed E-state index contributed by atoms with van der Waals surface area (Å²) in [5.74, 6) is -1.54. The molecule has 0 fully saturated rings. The third kappa shape index (κ3) is 2.86. The van der Waals surface area contributed by atoms with Crippen molar-refractivity contribution in [2.75, 3.05) is 5.73 Å². The Morgan fingerprint density at radius 3 is 2.16 bits per heavy atom. The molecule has 0 amide bonds. The highest BCUT2D eigenvalue weighted by atomic mass is 19.2. The number of hydrogen-bond acceptors (Lipinski definition) is 1. The average Bonchev–Trinajstić information content (AvgIpc) is 2.42. The number of fused-ring (bicyclic) bond motifs is 1. The molecule has 19 heavy (non-hydrogen) atoms. The fourth-order valence-corrected chi connectivity index (χ4v) is 2.30. The first-order chi connectivity index (χ1) is 9.08. The second-order valence-corrected chi connectivity index (χ2v) is 4.14. The molecule has 3 heteroatoms. The third-order valence-corrected chi connectivity index (χ3v) is 3.07. The lowest BCUT2D eigenvalue weighted by atomic mass is 9.95. The van der Waals surface area contributed by atoms with Crippen LogP contribution >= 0.6 is 0 Å². The molecule has 1 nitrogen and oxygen atoms in total. The predicted octanol–water partition coefficient (Wildman–Crippen LogP) is 4.85. The zero-order chi connectivity index (χ0) is 14.6. The van der Waals surface area contributed by atoms with Crippen LogP contribution in [0.5, 0.6) is 0 Å². The van der Waals surface area contributed by atoms with Gasteiger partial charge in [0.2, 0.25) is 0 Å². The lowest BCUT2D eigenvalue weighted by molar-refractivity contribution is 0.502. The minimum atomic E-state index is -0.804. The second kappa shape index (κ2) is 6.50. The van der Waals surface area contributed by atoms with Crippen molar-refractivity contribution in [1.29, 1.82) is 0 Å². The summed E-state index contributed by atoms with van der Waals surface area (Å²) < 4.78 is 27.2. The minimum absolute atomic E-state index is 0.442. The lowest BCUT2D eigenvalue weighted by Gasteiger charge is -2.12. The molecule has 0 radical (unpaired) electrons. The Kier molecular flexibility index (Phi) is 5.28. The summed E-state index contributed by atoms with van der Waals surface area (Å²) in [6.07, 6.45) is 1.22. The summed E-state index contributed by atoms with van der Waals surface area (Å²) in [7, 11) is 0. The zero-order valence-electron chi connectivity index (χ0n) is 12.0. The van der Waals surface area contributed by atoms with Crippen LogP contribution in [0, 0.1) is 11.6 Å². The Morgan fingerprint density at radius 2 is 1.63 bits per heavy atom. The van der Waals surface area contributed by atoms with Gasteiger partial charge in [-0.15, -0.1) is 0 Å². The fraction of sp³-hybridized carbons (Fsp3) is 0.375. The van der Waals surface area contributed by atoms with Crippen LogP contribution in [0.4, 0.5) is 14.5 Å². The molecule has 0 aliphatic carbocycles. The number of benzene rings is 2. The molecule has 0 aliphatic heterocycles. The van der Waals surface area contributed by atoms with Crippen molar-refractivity contribution in [3.63, 3.8) is 0 Å². The topological polar surface area (TPSA) is 26.0 Å². The Bertz CT molecular complexity index is 577. The number of nitrogens with two attached hydrogens (primary N) is 1. The van der Waals surface area contributed by atoms with Crippen molar-refractivity contribution in [1.82, 2.24) is 0 Å². The van der Waals surface area contributed by atoms with Gasteiger partial charge < -0.3 is 5.73 Å². The molecule has 0 aromatic heterocycles. The van der Waals surface area contributed by atoms with Crippen LogP contribution in [-0.2, 0) is 12.8 Å². The van der Waals surface area contributed by atoms with Gasteiger partial charge >= 0.3 is 0 Å². The molecule has 0 spiro atoms. The molecule has 2 aromatic carbocycles. The van der Waals surface area contributed by atoms with Crippen LogP contribution in [0.3, 0.4) is 0 Å². The molecule has 0 bridgehead atoms. The summed E-state index contributed by atoms with van der Waals surface area (Å²) in [4.78, 5) is 0. The zero-order valence-corrected chi connectivity index (χ0v) is 12.0. The quantitative estimate of drug-likeness (QED) is 0.772. The molecule has 2 rings (SSSR count). The van der Waals surface area contributed by atoms with Crippen molar-refractivity contribution >= 4 is 16.5 Å². The van der Waals surface area contributed by atoms with E-state index in [1.54, 1.807) is 6.07 Å². The number of halogens is 2. The Labute approximate surface area is 113 Å².